The van der Waals surface area contributed by atoms with Crippen LogP contribution < -0.4 is 15.4 Å². The van der Waals surface area contributed by atoms with Gasteiger partial charge in [0.25, 0.3) is 0 Å². The molecule has 1 aliphatic rings. The molecular formula is C22H31F2IN4OS. The Labute approximate surface area is 204 Å². The smallest absolute Gasteiger partial charge is 0.387 e. The lowest BCUT2D eigenvalue weighted by atomic mass is 9.88. The van der Waals surface area contributed by atoms with Crippen molar-refractivity contribution in [3.63, 3.8) is 0 Å². The summed E-state index contributed by atoms with van der Waals surface area (Å²) in [5.74, 6) is 1.31. The zero-order valence-electron chi connectivity index (χ0n) is 18.1. The average Bonchev–Trinajstić information content (AvgIpc) is 3.24. The van der Waals surface area contributed by atoms with Crippen molar-refractivity contribution in [2.24, 2.45) is 10.9 Å². The Bertz CT molecular complexity index is 835. The maximum atomic E-state index is 12.7. The second-order valence-corrected chi connectivity index (χ2v) is 8.62. The first-order valence-corrected chi connectivity index (χ1v) is 11.1. The third-order valence-corrected chi connectivity index (χ3v) is 6.42. The summed E-state index contributed by atoms with van der Waals surface area (Å²) in [6.45, 7) is 1.32. The largest absolute Gasteiger partial charge is 0.434 e. The zero-order valence-corrected chi connectivity index (χ0v) is 21.3. The molecule has 9 heteroatoms. The lowest BCUT2D eigenvalue weighted by Gasteiger charge is -2.39. The molecule has 1 aromatic heterocycles. The average molecular weight is 564 g/mol. The molecule has 3 rings (SSSR count). The van der Waals surface area contributed by atoms with Gasteiger partial charge in [-0.25, -0.2) is 0 Å². The van der Waals surface area contributed by atoms with Gasteiger partial charge in [-0.05, 0) is 56.8 Å². The molecule has 31 heavy (non-hydrogen) atoms. The number of rotatable bonds is 7. The molecular weight excluding hydrogens is 533 g/mol. The summed E-state index contributed by atoms with van der Waals surface area (Å²) in [6, 6.07) is 9.90. The molecule has 1 fully saturated rings. The molecule has 0 aliphatic carbocycles. The SMILES string of the molecule is CN=C(NCc1cc(C)ccc1OC(F)F)NCC1CCCN(C)C1c1cccs1.I. The van der Waals surface area contributed by atoms with Crippen LogP contribution in [-0.4, -0.2) is 44.7 Å². The van der Waals surface area contributed by atoms with Gasteiger partial charge in [-0.15, -0.1) is 35.3 Å². The predicted molar refractivity (Wildman–Crippen MR) is 134 cm³/mol. The highest BCUT2D eigenvalue weighted by molar-refractivity contribution is 14.0. The fourth-order valence-electron chi connectivity index (χ4n) is 4.07. The van der Waals surface area contributed by atoms with Gasteiger partial charge in [-0.2, -0.15) is 8.78 Å². The summed E-state index contributed by atoms with van der Waals surface area (Å²) < 4.78 is 30.0. The Hall–Kier alpha value is -1.46. The molecule has 2 atom stereocenters. The molecule has 0 spiro atoms. The molecule has 2 aromatic rings. The Morgan fingerprint density at radius 2 is 2.13 bits per heavy atom. The van der Waals surface area contributed by atoms with Crippen LogP contribution in [0.2, 0.25) is 0 Å². The van der Waals surface area contributed by atoms with E-state index in [1.807, 2.05) is 13.0 Å². The maximum Gasteiger partial charge on any atom is 0.387 e. The number of guanidine groups is 1. The van der Waals surface area contributed by atoms with E-state index in [9.17, 15) is 8.78 Å². The molecule has 0 bridgehead atoms. The van der Waals surface area contributed by atoms with Gasteiger partial charge in [0.15, 0.2) is 5.96 Å². The van der Waals surface area contributed by atoms with E-state index in [0.29, 0.717) is 30.0 Å². The second-order valence-electron chi connectivity index (χ2n) is 7.64. The van der Waals surface area contributed by atoms with Crippen LogP contribution in [0.15, 0.2) is 40.7 Å². The van der Waals surface area contributed by atoms with Crippen molar-refractivity contribution >= 4 is 41.3 Å². The highest BCUT2D eigenvalue weighted by atomic mass is 127. The van der Waals surface area contributed by atoms with E-state index in [0.717, 1.165) is 25.1 Å². The van der Waals surface area contributed by atoms with Gasteiger partial charge in [0.05, 0.1) is 0 Å². The minimum Gasteiger partial charge on any atom is -0.434 e. The Morgan fingerprint density at radius 3 is 2.81 bits per heavy atom. The Balaban J connectivity index is 0.00000341. The third kappa shape index (κ3) is 7.28. The number of nitrogens with one attached hydrogen (secondary N) is 2. The number of nitrogens with zero attached hydrogens (tertiary/aromatic N) is 2. The van der Waals surface area contributed by atoms with E-state index in [-0.39, 0.29) is 29.7 Å². The summed E-state index contributed by atoms with van der Waals surface area (Å²) in [7, 11) is 3.90. The first kappa shape index (κ1) is 25.8. The lowest BCUT2D eigenvalue weighted by Crippen LogP contribution is -2.44. The van der Waals surface area contributed by atoms with Gasteiger partial charge in [0, 0.05) is 36.6 Å². The number of ether oxygens (including phenoxy) is 1. The summed E-state index contributed by atoms with van der Waals surface area (Å²) in [6.07, 6.45) is 2.33. The van der Waals surface area contributed by atoms with Crippen LogP contribution >= 0.6 is 35.3 Å². The summed E-state index contributed by atoms with van der Waals surface area (Å²) in [5, 5.41) is 8.78. The molecule has 2 heterocycles. The van der Waals surface area contributed by atoms with E-state index in [1.54, 1.807) is 30.5 Å². The minimum absolute atomic E-state index is 0. The third-order valence-electron chi connectivity index (χ3n) is 5.48. The molecule has 2 N–H and O–H groups in total. The van der Waals surface area contributed by atoms with Crippen molar-refractivity contribution in [3.05, 3.63) is 51.7 Å². The van der Waals surface area contributed by atoms with Gasteiger partial charge < -0.3 is 15.4 Å². The monoisotopic (exact) mass is 564 g/mol. The van der Waals surface area contributed by atoms with E-state index < -0.39 is 6.61 Å². The van der Waals surface area contributed by atoms with Crippen molar-refractivity contribution in [1.29, 1.82) is 0 Å². The van der Waals surface area contributed by atoms with E-state index in [2.05, 4.69) is 49.8 Å². The summed E-state index contributed by atoms with van der Waals surface area (Å²) in [4.78, 5) is 8.12. The number of halogens is 3. The number of aryl methyl sites for hydroxylation is 1. The van der Waals surface area contributed by atoms with Crippen LogP contribution in [0.5, 0.6) is 5.75 Å². The van der Waals surface area contributed by atoms with Crippen LogP contribution in [0.1, 0.15) is 34.9 Å². The van der Waals surface area contributed by atoms with Gasteiger partial charge in [0.2, 0.25) is 0 Å². The molecule has 0 radical (unpaired) electrons. The van der Waals surface area contributed by atoms with Crippen molar-refractivity contribution in [1.82, 2.24) is 15.5 Å². The molecule has 1 aliphatic heterocycles. The van der Waals surface area contributed by atoms with Crippen LogP contribution in [0.25, 0.3) is 0 Å². The molecule has 0 amide bonds. The highest BCUT2D eigenvalue weighted by Crippen LogP contribution is 2.36. The molecule has 5 nitrogen and oxygen atoms in total. The number of benzene rings is 1. The van der Waals surface area contributed by atoms with Crippen LogP contribution in [0.4, 0.5) is 8.78 Å². The molecule has 2 unspecified atom stereocenters. The zero-order chi connectivity index (χ0) is 21.5. The van der Waals surface area contributed by atoms with E-state index in [4.69, 9.17) is 0 Å². The molecule has 0 saturated carbocycles. The number of aliphatic imine (C=N–C) groups is 1. The van der Waals surface area contributed by atoms with Gasteiger partial charge >= 0.3 is 6.61 Å². The topological polar surface area (TPSA) is 48.9 Å². The van der Waals surface area contributed by atoms with Gasteiger partial charge in [-0.3, -0.25) is 9.89 Å². The van der Waals surface area contributed by atoms with Gasteiger partial charge in [-0.1, -0.05) is 23.8 Å². The van der Waals surface area contributed by atoms with Crippen molar-refractivity contribution in [2.45, 2.75) is 39.0 Å². The van der Waals surface area contributed by atoms with Crippen molar-refractivity contribution in [3.8, 4) is 5.75 Å². The Morgan fingerprint density at radius 1 is 1.32 bits per heavy atom. The summed E-state index contributed by atoms with van der Waals surface area (Å²) >= 11 is 1.80. The Kier molecular flexibility index (Phi) is 10.4. The standard InChI is InChI=1S/C22H30F2N4OS.HI/c1-15-8-9-18(29-21(23)24)17(12-15)14-27-22(25-2)26-13-16-6-4-10-28(3)20(16)19-7-5-11-30-19;/h5,7-9,11-12,16,20-21H,4,6,10,13-14H2,1-3H3,(H2,25,26,27);1H. The molecule has 172 valence electrons. The normalized spacial score (nSPS) is 19.7. The first-order chi connectivity index (χ1) is 14.5. The quantitative estimate of drug-likeness (QED) is 0.282. The number of thiophene rings is 1. The fourth-order valence-corrected chi connectivity index (χ4v) is 5.05. The maximum absolute atomic E-state index is 12.7. The number of hydrogen-bond donors (Lipinski definition) is 2. The van der Waals surface area contributed by atoms with Crippen LogP contribution in [0, 0.1) is 12.8 Å². The predicted octanol–water partition coefficient (Wildman–Crippen LogP) is 5.02. The number of hydrogen-bond acceptors (Lipinski definition) is 4. The van der Waals surface area contributed by atoms with Crippen molar-refractivity contribution in [2.75, 3.05) is 27.2 Å². The fraction of sp³-hybridized carbons (Fsp3) is 0.500. The van der Waals surface area contributed by atoms with Gasteiger partial charge in [0.1, 0.15) is 5.75 Å². The lowest BCUT2D eigenvalue weighted by molar-refractivity contribution is -0.0504. The second kappa shape index (κ2) is 12.5. The van der Waals surface area contributed by atoms with Crippen molar-refractivity contribution < 1.29 is 13.5 Å². The van der Waals surface area contributed by atoms with E-state index >= 15 is 0 Å². The van der Waals surface area contributed by atoms with Crippen LogP contribution in [-0.2, 0) is 6.54 Å². The number of likely N-dealkylation sites (tertiary alicyclic amines) is 1. The first-order valence-electron chi connectivity index (χ1n) is 10.2. The van der Waals surface area contributed by atoms with E-state index in [1.165, 1.54) is 11.3 Å². The minimum atomic E-state index is -2.85. The number of piperidine rings is 1. The number of alkyl halides is 2. The van der Waals surface area contributed by atoms with Crippen LogP contribution in [0.3, 0.4) is 0 Å². The highest BCUT2D eigenvalue weighted by Gasteiger charge is 2.31. The summed E-state index contributed by atoms with van der Waals surface area (Å²) in [5.41, 5.74) is 1.66. The molecule has 1 aromatic carbocycles. The molecule has 1 saturated heterocycles.